The van der Waals surface area contributed by atoms with Gasteiger partial charge in [0.25, 0.3) is 0 Å². The zero-order valence-corrected chi connectivity index (χ0v) is 10.3. The van der Waals surface area contributed by atoms with Crippen molar-refractivity contribution in [1.29, 1.82) is 0 Å². The Hall–Kier alpha value is -0.730. The van der Waals surface area contributed by atoms with Gasteiger partial charge in [-0.15, -0.1) is 0 Å². The summed E-state index contributed by atoms with van der Waals surface area (Å²) in [5, 5.41) is 40.1. The summed E-state index contributed by atoms with van der Waals surface area (Å²) in [5.41, 5.74) is 0. The van der Waals surface area contributed by atoms with Crippen molar-refractivity contribution in [3.05, 3.63) is 0 Å². The van der Waals surface area contributed by atoms with Crippen LogP contribution in [0, 0.1) is 0 Å². The monoisotopic (exact) mass is 263 g/mol. The minimum atomic E-state index is -1.47. The number of rotatable bonds is 5. The molecule has 0 aromatic heterocycles. The highest BCUT2D eigenvalue weighted by Crippen LogP contribution is 2.19. The smallest absolute Gasteiger partial charge is 0.222 e. The van der Waals surface area contributed by atoms with Gasteiger partial charge in [-0.25, -0.2) is 0 Å². The lowest BCUT2D eigenvalue weighted by Gasteiger charge is -2.40. The van der Waals surface area contributed by atoms with Crippen LogP contribution in [0.15, 0.2) is 0 Å². The second-order valence-corrected chi connectivity index (χ2v) is 4.42. The quantitative estimate of drug-likeness (QED) is 0.395. The van der Waals surface area contributed by atoms with Crippen molar-refractivity contribution in [1.82, 2.24) is 5.32 Å². The number of carbonyl (C=O) groups excluding carboxylic acids is 1. The predicted molar refractivity (Wildman–Crippen MR) is 61.4 cm³/mol. The Morgan fingerprint density at radius 2 is 1.89 bits per heavy atom. The third-order valence-electron chi connectivity index (χ3n) is 2.95. The van der Waals surface area contributed by atoms with Crippen LogP contribution in [-0.2, 0) is 9.53 Å². The Labute approximate surface area is 105 Å². The molecule has 0 radical (unpaired) electrons. The van der Waals surface area contributed by atoms with Crippen LogP contribution in [0.25, 0.3) is 0 Å². The molecule has 0 aromatic rings. The molecular formula is C11H21NO6. The number of amides is 1. The number of unbranched alkanes of at least 4 members (excludes halogenated alkanes) is 1. The molecule has 0 spiro atoms. The van der Waals surface area contributed by atoms with E-state index in [0.29, 0.717) is 12.8 Å². The zero-order chi connectivity index (χ0) is 13.7. The molecule has 1 aliphatic rings. The Kier molecular flexibility index (Phi) is 5.97. The first kappa shape index (κ1) is 15.3. The molecule has 18 heavy (non-hydrogen) atoms. The highest BCUT2D eigenvalue weighted by atomic mass is 16.6. The van der Waals surface area contributed by atoms with Crippen LogP contribution in [-0.4, -0.2) is 63.6 Å². The van der Waals surface area contributed by atoms with Gasteiger partial charge in [0.2, 0.25) is 5.91 Å². The van der Waals surface area contributed by atoms with Gasteiger partial charge in [-0.3, -0.25) is 4.79 Å². The molecule has 0 unspecified atom stereocenters. The van der Waals surface area contributed by atoms with Crippen LogP contribution in [0.3, 0.4) is 0 Å². The van der Waals surface area contributed by atoms with E-state index in [1.165, 1.54) is 0 Å². The molecule has 0 aromatic carbocycles. The second-order valence-electron chi connectivity index (χ2n) is 4.42. The van der Waals surface area contributed by atoms with Crippen LogP contribution in [0.4, 0.5) is 0 Å². The highest BCUT2D eigenvalue weighted by Gasteiger charge is 2.43. The van der Waals surface area contributed by atoms with E-state index < -0.39 is 37.3 Å². The third kappa shape index (κ3) is 3.63. The number of aliphatic hydroxyl groups is 4. The van der Waals surface area contributed by atoms with E-state index in [9.17, 15) is 20.1 Å². The fourth-order valence-corrected chi connectivity index (χ4v) is 1.79. The molecular weight excluding hydrogens is 242 g/mol. The van der Waals surface area contributed by atoms with Crippen molar-refractivity contribution < 1.29 is 30.0 Å². The molecule has 0 saturated carbocycles. The van der Waals surface area contributed by atoms with Crippen LogP contribution in [0.5, 0.6) is 0 Å². The number of hydrogen-bond donors (Lipinski definition) is 5. The molecule has 7 nitrogen and oxygen atoms in total. The lowest BCUT2D eigenvalue weighted by Crippen LogP contribution is -2.63. The van der Waals surface area contributed by atoms with Gasteiger partial charge in [-0.05, 0) is 6.42 Å². The van der Waals surface area contributed by atoms with Crippen LogP contribution >= 0.6 is 0 Å². The summed E-state index contributed by atoms with van der Waals surface area (Å²) in [6.45, 7) is 1.44. The van der Waals surface area contributed by atoms with Gasteiger partial charge in [0.1, 0.15) is 24.4 Å². The Balaban J connectivity index is 2.56. The van der Waals surface area contributed by atoms with Gasteiger partial charge in [0.15, 0.2) is 6.23 Å². The number of carbonyl (C=O) groups is 1. The molecule has 0 aliphatic carbocycles. The lowest BCUT2D eigenvalue weighted by molar-refractivity contribution is -0.236. The first-order valence-electron chi connectivity index (χ1n) is 6.11. The molecule has 1 amide bonds. The SMILES string of the molecule is CCCCC(=O)N[C@H]1O[C@H](CO)[C@@H](O)[C@H](O)[C@H]1O. The number of hydrogen-bond acceptors (Lipinski definition) is 6. The number of aliphatic hydroxyl groups excluding tert-OH is 4. The van der Waals surface area contributed by atoms with Gasteiger partial charge in [0.05, 0.1) is 6.61 Å². The van der Waals surface area contributed by atoms with Crippen LogP contribution in [0.1, 0.15) is 26.2 Å². The average molecular weight is 263 g/mol. The molecule has 1 fully saturated rings. The van der Waals surface area contributed by atoms with Crippen molar-refractivity contribution in [2.75, 3.05) is 6.61 Å². The zero-order valence-electron chi connectivity index (χ0n) is 10.3. The van der Waals surface area contributed by atoms with Gasteiger partial charge in [-0.2, -0.15) is 0 Å². The molecule has 7 heteroatoms. The summed E-state index contributed by atoms with van der Waals surface area (Å²) in [7, 11) is 0. The number of nitrogens with one attached hydrogen (secondary N) is 1. The third-order valence-corrected chi connectivity index (χ3v) is 2.95. The summed E-state index contributed by atoms with van der Waals surface area (Å²) in [6, 6.07) is 0. The standard InChI is InChI=1S/C11H21NO6/c1-2-3-4-7(14)12-11-10(17)9(16)8(15)6(5-13)18-11/h6,8-11,13,15-17H,2-5H2,1H3,(H,12,14)/t6-,8-,9+,10-,11+/m1/s1. The Morgan fingerprint density at radius 1 is 1.22 bits per heavy atom. The molecule has 1 heterocycles. The molecule has 1 saturated heterocycles. The van der Waals surface area contributed by atoms with E-state index >= 15 is 0 Å². The predicted octanol–water partition coefficient (Wildman–Crippen LogP) is -1.91. The summed E-state index contributed by atoms with van der Waals surface area (Å²) >= 11 is 0. The van der Waals surface area contributed by atoms with Gasteiger partial charge < -0.3 is 30.5 Å². The van der Waals surface area contributed by atoms with Gasteiger partial charge in [-0.1, -0.05) is 13.3 Å². The van der Waals surface area contributed by atoms with E-state index in [1.54, 1.807) is 0 Å². The normalized spacial score (nSPS) is 36.4. The van der Waals surface area contributed by atoms with Gasteiger partial charge in [0, 0.05) is 6.42 Å². The van der Waals surface area contributed by atoms with E-state index in [2.05, 4.69) is 5.32 Å². The first-order valence-corrected chi connectivity index (χ1v) is 6.11. The summed E-state index contributed by atoms with van der Waals surface area (Å²) in [4.78, 5) is 11.5. The maximum Gasteiger partial charge on any atom is 0.222 e. The number of ether oxygens (including phenoxy) is 1. The minimum absolute atomic E-state index is 0.297. The Morgan fingerprint density at radius 3 is 2.44 bits per heavy atom. The topological polar surface area (TPSA) is 119 Å². The molecule has 5 N–H and O–H groups in total. The van der Waals surface area contributed by atoms with Crippen molar-refractivity contribution in [3.8, 4) is 0 Å². The fourth-order valence-electron chi connectivity index (χ4n) is 1.79. The largest absolute Gasteiger partial charge is 0.394 e. The Bertz CT molecular complexity index is 272. The molecule has 5 atom stereocenters. The molecule has 1 rings (SSSR count). The minimum Gasteiger partial charge on any atom is -0.394 e. The lowest BCUT2D eigenvalue weighted by atomic mass is 9.98. The molecule has 0 bridgehead atoms. The van der Waals surface area contributed by atoms with Crippen molar-refractivity contribution in [2.45, 2.75) is 56.8 Å². The van der Waals surface area contributed by atoms with Crippen molar-refractivity contribution in [2.24, 2.45) is 0 Å². The van der Waals surface area contributed by atoms with E-state index in [-0.39, 0.29) is 5.91 Å². The summed E-state index contributed by atoms with van der Waals surface area (Å²) in [6.07, 6.45) is -4.55. The van der Waals surface area contributed by atoms with Crippen LogP contribution < -0.4 is 5.32 Å². The first-order chi connectivity index (χ1) is 8.51. The summed E-state index contributed by atoms with van der Waals surface area (Å²) in [5.74, 6) is -0.304. The van der Waals surface area contributed by atoms with E-state index in [4.69, 9.17) is 9.84 Å². The average Bonchev–Trinajstić information content (AvgIpc) is 2.37. The second kappa shape index (κ2) is 7.01. The van der Waals surface area contributed by atoms with Crippen LogP contribution in [0.2, 0.25) is 0 Å². The maximum atomic E-state index is 11.5. The fraction of sp³-hybridized carbons (Fsp3) is 0.909. The van der Waals surface area contributed by atoms with E-state index in [0.717, 1.165) is 6.42 Å². The van der Waals surface area contributed by atoms with Crippen molar-refractivity contribution in [3.63, 3.8) is 0 Å². The van der Waals surface area contributed by atoms with Crippen molar-refractivity contribution >= 4 is 5.91 Å². The molecule has 1 aliphatic heterocycles. The summed E-state index contributed by atoms with van der Waals surface area (Å²) < 4.78 is 5.14. The highest BCUT2D eigenvalue weighted by molar-refractivity contribution is 5.76. The van der Waals surface area contributed by atoms with E-state index in [1.807, 2.05) is 6.92 Å². The molecule has 106 valence electrons. The van der Waals surface area contributed by atoms with Gasteiger partial charge >= 0.3 is 0 Å². The maximum absolute atomic E-state index is 11.5.